The predicted molar refractivity (Wildman–Crippen MR) is 115 cm³/mol. The maximum atomic E-state index is 12.7. The molecule has 7 nitrogen and oxygen atoms in total. The molecule has 0 heterocycles. The highest BCUT2D eigenvalue weighted by Gasteiger charge is 2.62. The molecule has 31 heavy (non-hydrogen) atoms. The Morgan fingerprint density at radius 3 is 2.23 bits per heavy atom. The quantitative estimate of drug-likeness (QED) is 0.371. The first-order valence-electron chi connectivity index (χ1n) is 10.9. The summed E-state index contributed by atoms with van der Waals surface area (Å²) in [5.41, 5.74) is 0.745. The summed E-state index contributed by atoms with van der Waals surface area (Å²) in [5.74, 6) is -1.53. The van der Waals surface area contributed by atoms with Crippen LogP contribution in [0.4, 0.5) is 0 Å². The molecule has 1 fully saturated rings. The van der Waals surface area contributed by atoms with Gasteiger partial charge in [0.1, 0.15) is 6.10 Å². The number of ether oxygens (including phenoxy) is 3. The van der Waals surface area contributed by atoms with E-state index in [2.05, 4.69) is 6.58 Å². The van der Waals surface area contributed by atoms with Gasteiger partial charge < -0.3 is 19.3 Å². The lowest BCUT2D eigenvalue weighted by Gasteiger charge is -2.56. The second-order valence-electron chi connectivity index (χ2n) is 9.43. The van der Waals surface area contributed by atoms with E-state index in [1.807, 2.05) is 27.7 Å². The molecule has 0 aromatic rings. The van der Waals surface area contributed by atoms with Crippen molar-refractivity contribution in [3.05, 3.63) is 23.8 Å². The summed E-state index contributed by atoms with van der Waals surface area (Å²) in [7, 11) is 0. The normalized spacial score (nSPS) is 32.5. The second kappa shape index (κ2) is 9.98. The minimum atomic E-state index is -1.12. The molecule has 1 saturated carbocycles. The Bertz CT molecular complexity index is 753. The van der Waals surface area contributed by atoms with Crippen LogP contribution in [0.2, 0.25) is 0 Å². The van der Waals surface area contributed by atoms with E-state index in [4.69, 9.17) is 14.2 Å². The van der Waals surface area contributed by atoms with E-state index < -0.39 is 41.6 Å². The van der Waals surface area contributed by atoms with Crippen molar-refractivity contribution in [2.24, 2.45) is 23.2 Å². The number of carbonyl (C=O) groups excluding carboxylic acids is 3. The molecule has 6 atom stereocenters. The van der Waals surface area contributed by atoms with Crippen LogP contribution in [0.1, 0.15) is 60.8 Å². The van der Waals surface area contributed by atoms with Crippen molar-refractivity contribution < 1.29 is 33.7 Å². The fourth-order valence-corrected chi connectivity index (χ4v) is 5.11. The summed E-state index contributed by atoms with van der Waals surface area (Å²) in [5, 5.41) is 10.7. The molecule has 0 aromatic heterocycles. The number of carbonyl (C=O) groups is 3. The van der Waals surface area contributed by atoms with Crippen LogP contribution in [0, 0.1) is 23.2 Å². The molecular weight excluding hydrogens is 400 g/mol. The van der Waals surface area contributed by atoms with E-state index in [0.717, 1.165) is 11.1 Å². The van der Waals surface area contributed by atoms with Crippen molar-refractivity contribution in [3.63, 3.8) is 0 Å². The molecule has 0 spiro atoms. The van der Waals surface area contributed by atoms with Gasteiger partial charge in [-0.1, -0.05) is 31.6 Å². The smallest absolute Gasteiger partial charge is 0.306 e. The Morgan fingerprint density at radius 2 is 1.74 bits per heavy atom. The summed E-state index contributed by atoms with van der Waals surface area (Å²) in [6.45, 7) is 13.9. The maximum absolute atomic E-state index is 12.7. The third-order valence-electron chi connectivity index (χ3n) is 6.49. The zero-order valence-electron chi connectivity index (χ0n) is 19.5. The highest BCUT2D eigenvalue weighted by Crippen LogP contribution is 2.55. The number of esters is 3. The molecule has 7 heteroatoms. The molecule has 2 aliphatic rings. The van der Waals surface area contributed by atoms with Crippen LogP contribution in [0.3, 0.4) is 0 Å². The lowest BCUT2D eigenvalue weighted by Crippen LogP contribution is -2.64. The van der Waals surface area contributed by atoms with Crippen LogP contribution in [0.15, 0.2) is 23.8 Å². The fourth-order valence-electron chi connectivity index (χ4n) is 5.11. The zero-order valence-corrected chi connectivity index (χ0v) is 19.5. The van der Waals surface area contributed by atoms with E-state index in [1.165, 1.54) is 13.8 Å². The number of aliphatic hydroxyl groups excluding tert-OH is 1. The van der Waals surface area contributed by atoms with Crippen LogP contribution in [0.5, 0.6) is 0 Å². The van der Waals surface area contributed by atoms with Crippen LogP contribution in [0.25, 0.3) is 0 Å². The zero-order chi connectivity index (χ0) is 23.5. The third kappa shape index (κ3) is 5.37. The first kappa shape index (κ1) is 25.1. The van der Waals surface area contributed by atoms with Gasteiger partial charge in [0.2, 0.25) is 0 Å². The SMILES string of the molecule is C=C(C)[C@@H]1C[C@H](OC(C)=O)[C@@]2(CO)[C@H](C1)C(C)=C[C@H](OC(C)=O)[C@@H]2OC(=O)CC(C)C. The Labute approximate surface area is 184 Å². The van der Waals surface area contributed by atoms with Crippen molar-refractivity contribution in [2.45, 2.75) is 79.1 Å². The van der Waals surface area contributed by atoms with E-state index in [0.29, 0.717) is 12.8 Å². The summed E-state index contributed by atoms with van der Waals surface area (Å²) >= 11 is 0. The van der Waals surface area contributed by atoms with Gasteiger partial charge in [0.15, 0.2) is 12.2 Å². The van der Waals surface area contributed by atoms with E-state index in [1.54, 1.807) is 6.08 Å². The molecule has 0 saturated heterocycles. The Hall–Kier alpha value is -2.15. The molecule has 0 aliphatic heterocycles. The number of aliphatic hydroxyl groups is 1. The van der Waals surface area contributed by atoms with Crippen molar-refractivity contribution >= 4 is 17.9 Å². The van der Waals surface area contributed by atoms with Crippen LogP contribution in [-0.2, 0) is 28.6 Å². The Morgan fingerprint density at radius 1 is 1.13 bits per heavy atom. The van der Waals surface area contributed by atoms with Gasteiger partial charge in [-0.3, -0.25) is 14.4 Å². The standard InChI is InChI=1S/C24H36O7/c1-13(2)8-22(28)31-23-20(29-16(6)26)9-15(5)19-10-18(14(3)4)11-21(30-17(7)27)24(19,23)12-25/h9,13,18-21,23,25H,3,8,10-12H2,1-2,4-7H3/t18-,19+,20-,21-,23-,24+/m0/s1. The largest absolute Gasteiger partial charge is 0.462 e. The summed E-state index contributed by atoms with van der Waals surface area (Å²) in [6, 6.07) is 0. The highest BCUT2D eigenvalue weighted by molar-refractivity contribution is 5.70. The molecular formula is C24H36O7. The van der Waals surface area contributed by atoms with Crippen LogP contribution in [-0.4, -0.2) is 47.9 Å². The number of hydrogen-bond acceptors (Lipinski definition) is 7. The second-order valence-corrected chi connectivity index (χ2v) is 9.43. The van der Waals surface area contributed by atoms with Gasteiger partial charge in [-0.15, -0.1) is 0 Å². The van der Waals surface area contributed by atoms with Gasteiger partial charge in [0, 0.05) is 20.3 Å². The van der Waals surface area contributed by atoms with Crippen LogP contribution >= 0.6 is 0 Å². The molecule has 2 aliphatic carbocycles. The van der Waals surface area contributed by atoms with Gasteiger partial charge in [0.05, 0.1) is 12.0 Å². The lowest BCUT2D eigenvalue weighted by atomic mass is 9.53. The van der Waals surface area contributed by atoms with Crippen molar-refractivity contribution in [1.29, 1.82) is 0 Å². The summed E-state index contributed by atoms with van der Waals surface area (Å²) < 4.78 is 17.2. The number of allylic oxidation sites excluding steroid dienone is 2. The van der Waals surface area contributed by atoms with Gasteiger partial charge in [-0.25, -0.2) is 0 Å². The molecule has 0 radical (unpaired) electrons. The summed E-state index contributed by atoms with van der Waals surface area (Å²) in [6.07, 6.45) is 0.511. The maximum Gasteiger partial charge on any atom is 0.306 e. The van der Waals surface area contributed by atoms with Gasteiger partial charge >= 0.3 is 17.9 Å². The molecule has 1 N–H and O–H groups in total. The topological polar surface area (TPSA) is 99.1 Å². The molecule has 0 unspecified atom stereocenters. The lowest BCUT2D eigenvalue weighted by molar-refractivity contribution is -0.219. The number of rotatable bonds is 7. The molecule has 2 rings (SSSR count). The number of fused-ring (bicyclic) bond motifs is 1. The van der Waals surface area contributed by atoms with Gasteiger partial charge in [-0.05, 0) is 50.5 Å². The van der Waals surface area contributed by atoms with Gasteiger partial charge in [0.25, 0.3) is 0 Å². The molecule has 174 valence electrons. The fraction of sp³-hybridized carbons (Fsp3) is 0.708. The van der Waals surface area contributed by atoms with Crippen LogP contribution < -0.4 is 0 Å². The monoisotopic (exact) mass is 436 g/mol. The van der Waals surface area contributed by atoms with Crippen molar-refractivity contribution in [2.75, 3.05) is 6.61 Å². The first-order valence-corrected chi connectivity index (χ1v) is 10.9. The minimum Gasteiger partial charge on any atom is -0.462 e. The Balaban J connectivity index is 2.62. The first-order chi connectivity index (χ1) is 14.4. The third-order valence-corrected chi connectivity index (χ3v) is 6.49. The average molecular weight is 437 g/mol. The van der Waals surface area contributed by atoms with Crippen molar-refractivity contribution in [1.82, 2.24) is 0 Å². The Kier molecular flexibility index (Phi) is 8.09. The average Bonchev–Trinajstić information content (AvgIpc) is 2.63. The van der Waals surface area contributed by atoms with E-state index in [-0.39, 0.29) is 30.8 Å². The predicted octanol–water partition coefficient (Wildman–Crippen LogP) is 3.35. The molecule has 0 bridgehead atoms. The molecule has 0 amide bonds. The summed E-state index contributed by atoms with van der Waals surface area (Å²) in [4.78, 5) is 36.5. The van der Waals surface area contributed by atoms with E-state index >= 15 is 0 Å². The minimum absolute atomic E-state index is 0.0739. The highest BCUT2D eigenvalue weighted by atomic mass is 16.6. The van der Waals surface area contributed by atoms with Crippen molar-refractivity contribution in [3.8, 4) is 0 Å². The molecule has 0 aromatic carbocycles. The van der Waals surface area contributed by atoms with Gasteiger partial charge in [-0.2, -0.15) is 0 Å². The number of hydrogen-bond donors (Lipinski definition) is 1. The van der Waals surface area contributed by atoms with E-state index in [9.17, 15) is 19.5 Å².